The van der Waals surface area contributed by atoms with E-state index in [0.717, 1.165) is 18.7 Å². The van der Waals surface area contributed by atoms with Crippen molar-refractivity contribution >= 4 is 30.7 Å². The lowest BCUT2D eigenvalue weighted by Gasteiger charge is -2.16. The third-order valence-electron chi connectivity index (χ3n) is 3.51. The molecule has 0 radical (unpaired) electrons. The summed E-state index contributed by atoms with van der Waals surface area (Å²) in [6, 6.07) is 7.90. The van der Waals surface area contributed by atoms with Crippen molar-refractivity contribution in [1.82, 2.24) is 10.2 Å². The standard InChI is InChI=1S/C17H29N3O.2ClH/c1-5-20(4)12-15-8-6-7-14(10-15)11-19-17(21)16(18)9-13(2)3;;/h6-8,10,13,16H,5,9,11-12,18H2,1-4H3,(H,19,21);2*1H/t16-;;/m0../s1. The summed E-state index contributed by atoms with van der Waals surface area (Å²) >= 11 is 0. The molecular weight excluding hydrogens is 333 g/mol. The van der Waals surface area contributed by atoms with Gasteiger partial charge in [-0.3, -0.25) is 4.79 Å². The van der Waals surface area contributed by atoms with Crippen molar-refractivity contribution in [3.63, 3.8) is 0 Å². The average Bonchev–Trinajstić information content (AvgIpc) is 2.44. The number of nitrogens with two attached hydrogens (primary N) is 1. The van der Waals surface area contributed by atoms with Crippen molar-refractivity contribution in [2.45, 2.75) is 46.3 Å². The van der Waals surface area contributed by atoms with Gasteiger partial charge in [-0.1, -0.05) is 45.0 Å². The molecule has 1 aromatic carbocycles. The second-order valence-electron chi connectivity index (χ2n) is 6.10. The van der Waals surface area contributed by atoms with E-state index in [4.69, 9.17) is 5.73 Å². The van der Waals surface area contributed by atoms with E-state index in [1.165, 1.54) is 5.56 Å². The Morgan fingerprint density at radius 1 is 1.26 bits per heavy atom. The van der Waals surface area contributed by atoms with E-state index >= 15 is 0 Å². The number of rotatable bonds is 8. The molecule has 0 aliphatic carbocycles. The molecule has 0 aromatic heterocycles. The van der Waals surface area contributed by atoms with Crippen LogP contribution in [0.5, 0.6) is 0 Å². The molecule has 0 spiro atoms. The van der Waals surface area contributed by atoms with E-state index in [-0.39, 0.29) is 30.7 Å². The van der Waals surface area contributed by atoms with Crippen LogP contribution in [0.3, 0.4) is 0 Å². The molecule has 0 unspecified atom stereocenters. The summed E-state index contributed by atoms with van der Waals surface area (Å²) in [5, 5.41) is 2.92. The van der Waals surface area contributed by atoms with Crippen LogP contribution in [0, 0.1) is 5.92 Å². The van der Waals surface area contributed by atoms with Crippen molar-refractivity contribution in [3.8, 4) is 0 Å². The van der Waals surface area contributed by atoms with Crippen LogP contribution in [0.4, 0.5) is 0 Å². The number of halogens is 2. The summed E-state index contributed by atoms with van der Waals surface area (Å²) in [6.07, 6.45) is 0.715. The SMILES string of the molecule is CCN(C)Cc1cccc(CNC(=O)[C@@H](N)CC(C)C)c1.Cl.Cl. The van der Waals surface area contributed by atoms with Crippen molar-refractivity contribution < 1.29 is 4.79 Å². The van der Waals surface area contributed by atoms with E-state index < -0.39 is 6.04 Å². The first-order valence-electron chi connectivity index (χ1n) is 7.72. The predicted octanol–water partition coefficient (Wildman–Crippen LogP) is 2.97. The zero-order valence-electron chi connectivity index (χ0n) is 14.5. The normalized spacial score (nSPS) is 11.6. The van der Waals surface area contributed by atoms with Gasteiger partial charge in [-0.25, -0.2) is 0 Å². The number of nitrogens with zero attached hydrogens (tertiary/aromatic N) is 1. The number of hydrogen-bond donors (Lipinski definition) is 2. The summed E-state index contributed by atoms with van der Waals surface area (Å²) < 4.78 is 0. The highest BCUT2D eigenvalue weighted by molar-refractivity contribution is 5.85. The quantitative estimate of drug-likeness (QED) is 0.746. The van der Waals surface area contributed by atoms with Crippen LogP contribution in [0.2, 0.25) is 0 Å². The molecule has 0 heterocycles. The lowest BCUT2D eigenvalue weighted by Crippen LogP contribution is -2.41. The van der Waals surface area contributed by atoms with Crippen LogP contribution in [0.15, 0.2) is 24.3 Å². The zero-order chi connectivity index (χ0) is 15.8. The van der Waals surface area contributed by atoms with Gasteiger partial charge < -0.3 is 16.0 Å². The fourth-order valence-electron chi connectivity index (χ4n) is 2.20. The van der Waals surface area contributed by atoms with Crippen LogP contribution >= 0.6 is 24.8 Å². The maximum absolute atomic E-state index is 11.9. The first-order valence-corrected chi connectivity index (χ1v) is 7.72. The number of benzene rings is 1. The molecule has 0 saturated carbocycles. The second-order valence-corrected chi connectivity index (χ2v) is 6.10. The van der Waals surface area contributed by atoms with E-state index in [1.54, 1.807) is 0 Å². The van der Waals surface area contributed by atoms with E-state index in [9.17, 15) is 4.79 Å². The van der Waals surface area contributed by atoms with E-state index in [1.807, 2.05) is 12.1 Å². The maximum atomic E-state index is 11.9. The summed E-state index contributed by atoms with van der Waals surface area (Å²) in [5.41, 5.74) is 8.25. The third kappa shape index (κ3) is 9.82. The molecule has 0 fully saturated rings. The highest BCUT2D eigenvalue weighted by atomic mass is 35.5. The first-order chi connectivity index (χ1) is 9.92. The second kappa shape index (κ2) is 12.6. The highest BCUT2D eigenvalue weighted by Crippen LogP contribution is 2.08. The predicted molar refractivity (Wildman–Crippen MR) is 102 cm³/mol. The molecule has 134 valence electrons. The van der Waals surface area contributed by atoms with Gasteiger partial charge >= 0.3 is 0 Å². The number of carbonyl (C=O) groups is 1. The van der Waals surface area contributed by atoms with Gasteiger partial charge in [0.1, 0.15) is 0 Å². The van der Waals surface area contributed by atoms with Gasteiger partial charge in [0.2, 0.25) is 5.91 Å². The minimum atomic E-state index is -0.417. The van der Waals surface area contributed by atoms with E-state index in [0.29, 0.717) is 18.9 Å². The van der Waals surface area contributed by atoms with Gasteiger partial charge in [0.05, 0.1) is 6.04 Å². The van der Waals surface area contributed by atoms with Crippen molar-refractivity contribution in [2.75, 3.05) is 13.6 Å². The highest BCUT2D eigenvalue weighted by Gasteiger charge is 2.14. The molecule has 4 nitrogen and oxygen atoms in total. The topological polar surface area (TPSA) is 58.4 Å². The van der Waals surface area contributed by atoms with Crippen LogP contribution in [0.25, 0.3) is 0 Å². The average molecular weight is 364 g/mol. The molecular formula is C17H31Cl2N3O. The molecule has 23 heavy (non-hydrogen) atoms. The smallest absolute Gasteiger partial charge is 0.237 e. The summed E-state index contributed by atoms with van der Waals surface area (Å²) in [7, 11) is 2.10. The summed E-state index contributed by atoms with van der Waals surface area (Å²) in [5.74, 6) is 0.360. The van der Waals surface area contributed by atoms with Crippen molar-refractivity contribution in [2.24, 2.45) is 11.7 Å². The zero-order valence-corrected chi connectivity index (χ0v) is 16.2. The molecule has 3 N–H and O–H groups in total. The number of hydrogen-bond acceptors (Lipinski definition) is 3. The lowest BCUT2D eigenvalue weighted by molar-refractivity contribution is -0.122. The molecule has 6 heteroatoms. The molecule has 0 bridgehead atoms. The Balaban J connectivity index is 0. The Kier molecular flexibility index (Phi) is 13.4. The number of carbonyl (C=O) groups excluding carboxylic acids is 1. The Morgan fingerprint density at radius 3 is 2.43 bits per heavy atom. The van der Waals surface area contributed by atoms with Crippen LogP contribution in [-0.4, -0.2) is 30.4 Å². The molecule has 1 amide bonds. The Morgan fingerprint density at radius 2 is 1.87 bits per heavy atom. The monoisotopic (exact) mass is 363 g/mol. The summed E-state index contributed by atoms with van der Waals surface area (Å²) in [6.45, 7) is 8.76. The van der Waals surface area contributed by atoms with Crippen molar-refractivity contribution in [3.05, 3.63) is 35.4 Å². The molecule has 1 atom stereocenters. The van der Waals surface area contributed by atoms with Crippen LogP contribution in [-0.2, 0) is 17.9 Å². The Bertz CT molecular complexity index is 455. The Hall–Kier alpha value is -0.810. The lowest BCUT2D eigenvalue weighted by atomic mass is 10.0. The first kappa shape index (κ1) is 24.4. The fraction of sp³-hybridized carbons (Fsp3) is 0.588. The fourth-order valence-corrected chi connectivity index (χ4v) is 2.20. The van der Waals surface area contributed by atoms with Gasteiger partial charge in [0, 0.05) is 13.1 Å². The molecule has 0 aliphatic rings. The van der Waals surface area contributed by atoms with Crippen LogP contribution < -0.4 is 11.1 Å². The molecule has 0 aliphatic heterocycles. The number of amides is 1. The van der Waals surface area contributed by atoms with Gasteiger partial charge in [-0.15, -0.1) is 24.8 Å². The van der Waals surface area contributed by atoms with Gasteiger partial charge in [0.25, 0.3) is 0 Å². The van der Waals surface area contributed by atoms with Gasteiger partial charge in [-0.05, 0) is 37.1 Å². The van der Waals surface area contributed by atoms with Gasteiger partial charge in [0.15, 0.2) is 0 Å². The number of nitrogens with one attached hydrogen (secondary N) is 1. The van der Waals surface area contributed by atoms with Crippen molar-refractivity contribution in [1.29, 1.82) is 0 Å². The van der Waals surface area contributed by atoms with Crippen LogP contribution in [0.1, 0.15) is 38.3 Å². The molecule has 0 saturated heterocycles. The van der Waals surface area contributed by atoms with E-state index in [2.05, 4.69) is 50.2 Å². The minimum Gasteiger partial charge on any atom is -0.351 e. The minimum absolute atomic E-state index is 0. The molecule has 1 rings (SSSR count). The summed E-state index contributed by atoms with van der Waals surface area (Å²) in [4.78, 5) is 14.2. The van der Waals surface area contributed by atoms with Gasteiger partial charge in [-0.2, -0.15) is 0 Å². The maximum Gasteiger partial charge on any atom is 0.237 e. The largest absolute Gasteiger partial charge is 0.351 e. The Labute approximate surface area is 153 Å². The molecule has 1 aromatic rings. The third-order valence-corrected chi connectivity index (χ3v) is 3.51.